The van der Waals surface area contributed by atoms with Crippen LogP contribution < -0.4 is 53.3 Å². The predicted molar refractivity (Wildman–Crippen MR) is 374 cm³/mol. The van der Waals surface area contributed by atoms with E-state index < -0.39 is 0 Å². The van der Waals surface area contributed by atoms with Crippen LogP contribution in [0.25, 0.3) is 67.5 Å². The van der Waals surface area contributed by atoms with Gasteiger partial charge in [0.2, 0.25) is 11.9 Å². The van der Waals surface area contributed by atoms with E-state index in [4.69, 9.17) is 53.3 Å². The molecule has 13 N–H and O–H groups in total. The number of Topliss-reactive ketones (excluding diaryl/α,β-unsaturated/α-hetero) is 2. The Labute approximate surface area is 561 Å². The first-order valence-electron chi connectivity index (χ1n) is 28.2. The van der Waals surface area contributed by atoms with E-state index in [0.717, 1.165) is 33.5 Å². The summed E-state index contributed by atoms with van der Waals surface area (Å²) in [5.41, 5.74) is 44.7. The van der Waals surface area contributed by atoms with Gasteiger partial charge in [-0.2, -0.15) is 0 Å². The van der Waals surface area contributed by atoms with E-state index >= 15 is 0 Å². The van der Waals surface area contributed by atoms with Crippen LogP contribution in [-0.2, 0) is 0 Å². The van der Waals surface area contributed by atoms with E-state index in [1.165, 1.54) is 66.0 Å². The van der Waals surface area contributed by atoms with Crippen molar-refractivity contribution in [3.8, 4) is 96.3 Å². The Hall–Kier alpha value is -12.6. The van der Waals surface area contributed by atoms with E-state index in [-0.39, 0.29) is 42.4 Å². The van der Waals surface area contributed by atoms with Gasteiger partial charge in [0, 0.05) is 96.4 Å². The van der Waals surface area contributed by atoms with Gasteiger partial charge in [-0.25, -0.2) is 39.9 Å². The molecular formula is C68H70BrN19O8. The number of hydrogen-bond acceptors (Lipinski definition) is 27. The van der Waals surface area contributed by atoms with Crippen LogP contribution in [0.15, 0.2) is 182 Å². The first-order valence-corrected chi connectivity index (χ1v) is 29.0. The number of hydrogen-bond donors (Lipinski definition) is 7. The summed E-state index contributed by atoms with van der Waals surface area (Å²) < 4.78 is 21.3. The molecule has 96 heavy (non-hydrogen) atoms. The van der Waals surface area contributed by atoms with Gasteiger partial charge in [-0.15, -0.1) is 0 Å². The molecule has 28 heteroatoms. The number of ether oxygens (including phenoxy) is 4. The van der Waals surface area contributed by atoms with E-state index in [0.29, 0.717) is 101 Å². The minimum absolute atomic E-state index is 0. The Morgan fingerprint density at radius 2 is 0.844 bits per heavy atom. The van der Waals surface area contributed by atoms with Gasteiger partial charge in [0.1, 0.15) is 50.8 Å². The summed E-state index contributed by atoms with van der Waals surface area (Å²) in [5, 5.41) is 9.98. The van der Waals surface area contributed by atoms with Crippen LogP contribution in [0.2, 0.25) is 0 Å². The molecule has 10 heterocycles. The number of nitrogens with two attached hydrogens (primary N) is 6. The molecule has 10 aromatic heterocycles. The summed E-state index contributed by atoms with van der Waals surface area (Å²) >= 11 is 3.17. The van der Waals surface area contributed by atoms with Crippen molar-refractivity contribution in [3.05, 3.63) is 199 Å². The van der Waals surface area contributed by atoms with Crippen molar-refractivity contribution in [2.24, 2.45) is 0 Å². The fraction of sp³-hybridized carbons (Fsp3) is 0.132. The maximum absolute atomic E-state index is 12.3. The number of methoxy groups -OCH3 is 4. The van der Waals surface area contributed by atoms with Crippen LogP contribution in [0.3, 0.4) is 0 Å². The molecule has 0 atom stereocenters. The SMILES string of the molecule is C.COc1cnc(-c2cccc(N)c2)cc1C(C)=O.COc1cnc(-c2ccnc(N)c2)cc1-c1ccnc(N)n1.COc1cnc(-c2ccnc(N)c2)cc1C(=O)/C=C/N(C)C.COc1cnc(Br)cc1C(C)=O.Nc1cc(-c2cc(-c3ccnc(N)n3)c(O)cn2)ccn1. The van der Waals surface area contributed by atoms with Crippen LogP contribution in [-0.4, -0.2) is 130 Å². The number of ketones is 3. The molecule has 11 rings (SSSR count). The molecule has 0 aliphatic carbocycles. The van der Waals surface area contributed by atoms with Crippen molar-refractivity contribution >= 4 is 68.3 Å². The van der Waals surface area contributed by atoms with Crippen molar-refractivity contribution < 1.29 is 38.4 Å². The molecule has 0 aliphatic heterocycles. The van der Waals surface area contributed by atoms with Crippen LogP contribution in [0, 0.1) is 0 Å². The maximum Gasteiger partial charge on any atom is 0.220 e. The highest BCUT2D eigenvalue weighted by Gasteiger charge is 2.17. The highest BCUT2D eigenvalue weighted by Crippen LogP contribution is 2.34. The van der Waals surface area contributed by atoms with Crippen molar-refractivity contribution in [1.29, 1.82) is 0 Å². The number of pyridine rings is 8. The van der Waals surface area contributed by atoms with Gasteiger partial charge in [-0.1, -0.05) is 19.6 Å². The molecule has 0 spiro atoms. The van der Waals surface area contributed by atoms with Gasteiger partial charge in [0.25, 0.3) is 0 Å². The second kappa shape index (κ2) is 34.7. The number of carbonyl (C=O) groups excluding carboxylic acids is 3. The third kappa shape index (κ3) is 20.2. The second-order valence-corrected chi connectivity index (χ2v) is 20.8. The number of allylic oxidation sites excluding steroid dienone is 1. The quantitative estimate of drug-likeness (QED) is 0.0217. The Balaban J connectivity index is 0.000000192. The van der Waals surface area contributed by atoms with Crippen molar-refractivity contribution in [1.82, 2.24) is 64.7 Å². The van der Waals surface area contributed by atoms with Gasteiger partial charge in [-0.05, 0) is 121 Å². The Bertz CT molecular complexity index is 4540. The number of aromatic nitrogens is 12. The van der Waals surface area contributed by atoms with E-state index in [2.05, 4.69) is 75.7 Å². The lowest BCUT2D eigenvalue weighted by Crippen LogP contribution is -2.05. The number of aromatic hydroxyl groups is 1. The van der Waals surface area contributed by atoms with E-state index in [9.17, 15) is 19.5 Å². The highest BCUT2D eigenvalue weighted by atomic mass is 79.9. The molecule has 0 saturated heterocycles. The predicted octanol–water partition coefficient (Wildman–Crippen LogP) is 10.5. The molecule has 0 aliphatic rings. The zero-order chi connectivity index (χ0) is 68.7. The van der Waals surface area contributed by atoms with Crippen molar-refractivity contribution in [3.63, 3.8) is 0 Å². The van der Waals surface area contributed by atoms with Crippen LogP contribution >= 0.6 is 15.9 Å². The third-order valence-electron chi connectivity index (χ3n) is 13.1. The number of rotatable bonds is 15. The van der Waals surface area contributed by atoms with Crippen LogP contribution in [0.5, 0.6) is 28.7 Å². The number of nitrogens with zero attached hydrogens (tertiary/aromatic N) is 13. The van der Waals surface area contributed by atoms with Gasteiger partial charge in [0.05, 0.1) is 110 Å². The fourth-order valence-electron chi connectivity index (χ4n) is 8.50. The first-order chi connectivity index (χ1) is 45.6. The number of benzene rings is 1. The lowest BCUT2D eigenvalue weighted by Gasteiger charge is -2.10. The smallest absolute Gasteiger partial charge is 0.220 e. The zero-order valence-corrected chi connectivity index (χ0v) is 54.3. The molecule has 0 fully saturated rings. The molecule has 11 aromatic rings. The lowest BCUT2D eigenvalue weighted by molar-refractivity contribution is 0.100. The molecule has 1 aromatic carbocycles. The second-order valence-electron chi connectivity index (χ2n) is 20.0. The Kier molecular flexibility index (Phi) is 26.2. The minimum atomic E-state index is -0.156. The normalized spacial score (nSPS) is 10.2. The van der Waals surface area contributed by atoms with Gasteiger partial charge < -0.3 is 63.4 Å². The number of carbonyl (C=O) groups is 3. The molecule has 27 nitrogen and oxygen atoms in total. The number of nitrogen functional groups attached to an aromatic ring is 6. The zero-order valence-electron chi connectivity index (χ0n) is 52.7. The van der Waals surface area contributed by atoms with Gasteiger partial charge in [0.15, 0.2) is 17.3 Å². The summed E-state index contributed by atoms with van der Waals surface area (Å²) in [6.45, 7) is 2.99. The van der Waals surface area contributed by atoms with Crippen molar-refractivity contribution in [2.45, 2.75) is 21.3 Å². The summed E-state index contributed by atoms with van der Waals surface area (Å²) in [6.07, 6.45) is 18.7. The minimum Gasteiger partial charge on any atom is -0.506 e. The Morgan fingerprint density at radius 3 is 1.29 bits per heavy atom. The summed E-state index contributed by atoms with van der Waals surface area (Å²) in [5.74, 6) is 3.35. The van der Waals surface area contributed by atoms with Crippen LogP contribution in [0.4, 0.5) is 35.0 Å². The number of halogens is 1. The standard InChI is InChI=1S/C16H18N4O2.C15H14N6O.C14H12N6O.C14H14N2O2.C8H8BrNO2.CH4/c1-20(2)7-5-14(21)12-9-13(19-10-15(12)22-3)11-4-6-18-16(17)8-11;1-22-13-8-20-12(9-2-4-18-14(16)6-9)7-10(13)11-3-5-19-15(17)21-11;15-13-5-8(1-3-17-13)11-6-9(12(21)7-19-11)10-2-4-18-14(16)20-10;1-9(17)12-7-13(16-8-14(12)18-2)10-4-3-5-11(15)6-10;1-5(11)6-3-8(9)10-4-7(6)12-2;/h4-10H,1-3H3,(H2,17,18);2-8H,1H3,(H2,16,18)(H2,17,19,21);1-7,21H,(H2,15,17)(H2,16,18,20);3-8H,15H2,1-2H3;3-4H,1-2H3;1H4/b7-5+;;;;;. The topological polar surface area (TPSA) is 422 Å². The molecular weight excluding hydrogens is 1290 g/mol. The average molecular weight is 1360 g/mol. The molecule has 0 amide bonds. The first kappa shape index (κ1) is 72.5. The molecule has 0 radical (unpaired) electrons. The van der Waals surface area contributed by atoms with Gasteiger partial charge in [-0.3, -0.25) is 34.3 Å². The largest absolute Gasteiger partial charge is 0.506 e. The highest BCUT2D eigenvalue weighted by molar-refractivity contribution is 9.10. The molecule has 0 unspecified atom stereocenters. The van der Waals surface area contributed by atoms with E-state index in [1.807, 2.05) is 44.4 Å². The lowest BCUT2D eigenvalue weighted by atomic mass is 10.1. The molecule has 0 saturated carbocycles. The maximum atomic E-state index is 12.3. The van der Waals surface area contributed by atoms with E-state index in [1.54, 1.807) is 128 Å². The average Bonchev–Trinajstić information content (AvgIpc) is 0.847. The summed E-state index contributed by atoms with van der Waals surface area (Å²) in [7, 11) is 9.81. The van der Waals surface area contributed by atoms with Gasteiger partial charge >= 0.3 is 0 Å². The fourth-order valence-corrected chi connectivity index (χ4v) is 8.83. The number of anilines is 6. The van der Waals surface area contributed by atoms with Crippen LogP contribution in [0.1, 0.15) is 52.3 Å². The van der Waals surface area contributed by atoms with Crippen molar-refractivity contribution in [2.75, 3.05) is 76.9 Å². The molecule has 0 bridgehead atoms. The summed E-state index contributed by atoms with van der Waals surface area (Å²) in [4.78, 5) is 85.7. The third-order valence-corrected chi connectivity index (χ3v) is 13.5. The monoisotopic (exact) mass is 1360 g/mol. The summed E-state index contributed by atoms with van der Waals surface area (Å²) in [6, 6.07) is 30.0. The Morgan fingerprint density at radius 1 is 0.448 bits per heavy atom. The molecule has 492 valence electrons.